The van der Waals surface area contributed by atoms with Gasteiger partial charge in [0.15, 0.2) is 0 Å². The summed E-state index contributed by atoms with van der Waals surface area (Å²) in [6.07, 6.45) is 6.47. The van der Waals surface area contributed by atoms with Gasteiger partial charge in [0.05, 0.1) is 11.7 Å². The summed E-state index contributed by atoms with van der Waals surface area (Å²) in [6.45, 7) is 7.29. The molecule has 158 valence electrons. The number of hydrogen-bond acceptors (Lipinski definition) is 3. The first-order valence-corrected chi connectivity index (χ1v) is 10.8. The molecule has 0 saturated carbocycles. The number of hydrogen-bond donors (Lipinski definition) is 1. The summed E-state index contributed by atoms with van der Waals surface area (Å²) in [5, 5.41) is 9.14. The molecule has 0 bridgehead atoms. The second-order valence-electron chi connectivity index (χ2n) is 8.91. The minimum absolute atomic E-state index is 0.0393. The van der Waals surface area contributed by atoms with E-state index in [1.165, 1.54) is 5.57 Å². The molecule has 30 heavy (non-hydrogen) atoms. The van der Waals surface area contributed by atoms with Crippen molar-refractivity contribution in [2.24, 2.45) is 5.92 Å². The fourth-order valence-electron chi connectivity index (χ4n) is 4.77. The highest BCUT2D eigenvalue weighted by Gasteiger charge is 2.48. The molecule has 0 spiro atoms. The van der Waals surface area contributed by atoms with Crippen LogP contribution in [-0.2, 0) is 4.74 Å². The van der Waals surface area contributed by atoms with Crippen molar-refractivity contribution in [3.8, 4) is 16.9 Å². The zero-order valence-corrected chi connectivity index (χ0v) is 18.0. The van der Waals surface area contributed by atoms with Crippen LogP contribution in [0.1, 0.15) is 68.5 Å². The van der Waals surface area contributed by atoms with Gasteiger partial charge in [-0.3, -0.25) is 0 Å². The predicted octanol–water partition coefficient (Wildman–Crippen LogP) is 6.42. The topological polar surface area (TPSA) is 55.8 Å². The van der Waals surface area contributed by atoms with Crippen LogP contribution in [0.25, 0.3) is 11.1 Å². The molecular weight excluding hydrogens is 376 g/mol. The second kappa shape index (κ2) is 8.27. The molecule has 2 aromatic carbocycles. The van der Waals surface area contributed by atoms with E-state index >= 15 is 0 Å². The van der Waals surface area contributed by atoms with Crippen LogP contribution < -0.4 is 4.74 Å². The lowest BCUT2D eigenvalue weighted by Gasteiger charge is -2.48. The first-order chi connectivity index (χ1) is 14.4. The fraction of sp³-hybridized carbons (Fsp3) is 0.423. The Hall–Kier alpha value is -2.59. The minimum atomic E-state index is -0.911. The molecule has 2 heterocycles. The molecule has 1 saturated heterocycles. The van der Waals surface area contributed by atoms with Crippen LogP contribution in [-0.4, -0.2) is 23.3 Å². The maximum atomic E-state index is 11.1. The highest BCUT2D eigenvalue weighted by Crippen LogP contribution is 2.51. The molecule has 3 atom stereocenters. The summed E-state index contributed by atoms with van der Waals surface area (Å²) < 4.78 is 12.9. The van der Waals surface area contributed by atoms with E-state index < -0.39 is 5.97 Å². The van der Waals surface area contributed by atoms with Crippen LogP contribution in [0.2, 0.25) is 0 Å². The SMILES string of the molecule is CC(C)=CCC[C@]1(C)Oc2ccc(-c3ccc(C(=O)O)cc3)cc2[C@@H]2OCCC[C@H]21. The third-order valence-electron chi connectivity index (χ3n) is 6.42. The number of ether oxygens (including phenoxy) is 2. The number of fused-ring (bicyclic) bond motifs is 3. The first kappa shape index (κ1) is 20.7. The number of carbonyl (C=O) groups is 1. The first-order valence-electron chi connectivity index (χ1n) is 10.8. The van der Waals surface area contributed by atoms with Crippen molar-refractivity contribution in [3.05, 3.63) is 65.2 Å². The number of aromatic carboxylic acids is 1. The van der Waals surface area contributed by atoms with Crippen LogP contribution in [0.15, 0.2) is 54.1 Å². The molecule has 2 aromatic rings. The van der Waals surface area contributed by atoms with Crippen LogP contribution in [0, 0.1) is 5.92 Å². The van der Waals surface area contributed by atoms with Crippen molar-refractivity contribution in [2.45, 2.75) is 58.2 Å². The second-order valence-corrected chi connectivity index (χ2v) is 8.91. The van der Waals surface area contributed by atoms with Crippen LogP contribution in [0.4, 0.5) is 0 Å². The van der Waals surface area contributed by atoms with E-state index in [-0.39, 0.29) is 11.7 Å². The van der Waals surface area contributed by atoms with E-state index in [1.54, 1.807) is 12.1 Å². The van der Waals surface area contributed by atoms with E-state index in [0.717, 1.165) is 54.7 Å². The molecule has 2 aliphatic rings. The number of carboxylic acids is 1. The third kappa shape index (κ3) is 4.01. The summed E-state index contributed by atoms with van der Waals surface area (Å²) >= 11 is 0. The average Bonchev–Trinajstić information content (AvgIpc) is 2.73. The summed E-state index contributed by atoms with van der Waals surface area (Å²) in [4.78, 5) is 11.1. The van der Waals surface area contributed by atoms with Crippen molar-refractivity contribution in [1.82, 2.24) is 0 Å². The molecule has 0 amide bonds. The van der Waals surface area contributed by atoms with E-state index in [4.69, 9.17) is 14.6 Å². The Bertz CT molecular complexity index is 955. The summed E-state index contributed by atoms with van der Waals surface area (Å²) in [6, 6.07) is 13.3. The highest BCUT2D eigenvalue weighted by molar-refractivity contribution is 5.88. The number of benzene rings is 2. The zero-order chi connectivity index (χ0) is 21.3. The van der Waals surface area contributed by atoms with Gasteiger partial charge in [-0.05, 0) is 81.8 Å². The Morgan fingerprint density at radius 2 is 1.90 bits per heavy atom. The van der Waals surface area contributed by atoms with Crippen molar-refractivity contribution in [1.29, 1.82) is 0 Å². The summed E-state index contributed by atoms with van der Waals surface area (Å²) in [5.74, 6) is 0.323. The van der Waals surface area contributed by atoms with Crippen LogP contribution >= 0.6 is 0 Å². The van der Waals surface area contributed by atoms with Gasteiger partial charge in [-0.2, -0.15) is 0 Å². The van der Waals surface area contributed by atoms with Gasteiger partial charge in [0.1, 0.15) is 11.4 Å². The van der Waals surface area contributed by atoms with Crippen molar-refractivity contribution >= 4 is 5.97 Å². The van der Waals surface area contributed by atoms with Gasteiger partial charge in [-0.1, -0.05) is 29.8 Å². The van der Waals surface area contributed by atoms with Crippen LogP contribution in [0.5, 0.6) is 5.75 Å². The minimum Gasteiger partial charge on any atom is -0.487 e. The Morgan fingerprint density at radius 3 is 2.60 bits per heavy atom. The maximum absolute atomic E-state index is 11.1. The van der Waals surface area contributed by atoms with Crippen LogP contribution in [0.3, 0.4) is 0 Å². The lowest BCUT2D eigenvalue weighted by molar-refractivity contribution is -0.126. The average molecular weight is 407 g/mol. The highest BCUT2D eigenvalue weighted by atomic mass is 16.5. The molecule has 4 nitrogen and oxygen atoms in total. The predicted molar refractivity (Wildman–Crippen MR) is 118 cm³/mol. The normalized spacial score (nSPS) is 24.9. The number of rotatable bonds is 5. The smallest absolute Gasteiger partial charge is 0.335 e. The monoisotopic (exact) mass is 406 g/mol. The zero-order valence-electron chi connectivity index (χ0n) is 18.0. The Labute approximate surface area is 178 Å². The molecule has 4 rings (SSSR count). The van der Waals surface area contributed by atoms with E-state index in [0.29, 0.717) is 11.5 Å². The molecule has 0 radical (unpaired) electrons. The molecule has 1 N–H and O–H groups in total. The largest absolute Gasteiger partial charge is 0.487 e. The lowest BCUT2D eigenvalue weighted by atomic mass is 9.73. The molecule has 0 aliphatic carbocycles. The maximum Gasteiger partial charge on any atom is 0.335 e. The van der Waals surface area contributed by atoms with Crippen molar-refractivity contribution in [3.63, 3.8) is 0 Å². The van der Waals surface area contributed by atoms with Gasteiger partial charge >= 0.3 is 5.97 Å². The Morgan fingerprint density at radius 1 is 1.17 bits per heavy atom. The van der Waals surface area contributed by atoms with E-state index in [2.05, 4.69) is 32.9 Å². The van der Waals surface area contributed by atoms with E-state index in [1.807, 2.05) is 24.3 Å². The van der Waals surface area contributed by atoms with Gasteiger partial charge in [-0.25, -0.2) is 4.79 Å². The number of allylic oxidation sites excluding steroid dienone is 2. The van der Waals surface area contributed by atoms with Crippen molar-refractivity contribution in [2.75, 3.05) is 6.61 Å². The van der Waals surface area contributed by atoms with Gasteiger partial charge in [0.2, 0.25) is 0 Å². The Balaban J connectivity index is 1.66. The molecule has 0 aromatic heterocycles. The summed E-state index contributed by atoms with van der Waals surface area (Å²) in [5.41, 5.74) is 4.54. The molecule has 2 aliphatic heterocycles. The fourth-order valence-corrected chi connectivity index (χ4v) is 4.77. The summed E-state index contributed by atoms with van der Waals surface area (Å²) in [7, 11) is 0. The molecule has 4 heteroatoms. The van der Waals surface area contributed by atoms with Gasteiger partial charge < -0.3 is 14.6 Å². The van der Waals surface area contributed by atoms with E-state index in [9.17, 15) is 4.79 Å². The third-order valence-corrected chi connectivity index (χ3v) is 6.42. The standard InChI is InChI=1S/C26H30O4/c1-17(2)6-4-14-26(3)22-7-5-15-29-24(22)21-16-20(12-13-23(21)30-26)18-8-10-19(11-9-18)25(27)28/h6,8-13,16,22,24H,4-5,7,14-15H2,1-3H3,(H,27,28)/t22-,24+,26+/m1/s1. The van der Waals surface area contributed by atoms with Gasteiger partial charge in [0, 0.05) is 18.1 Å². The van der Waals surface area contributed by atoms with Gasteiger partial charge in [-0.15, -0.1) is 0 Å². The molecule has 1 fully saturated rings. The quantitative estimate of drug-likeness (QED) is 0.582. The van der Waals surface area contributed by atoms with Crippen molar-refractivity contribution < 1.29 is 19.4 Å². The lowest BCUT2D eigenvalue weighted by Crippen LogP contribution is -2.49. The van der Waals surface area contributed by atoms with Gasteiger partial charge in [0.25, 0.3) is 0 Å². The Kier molecular flexibility index (Phi) is 5.70. The number of carboxylic acid groups (broad SMARTS) is 1. The molecule has 0 unspecified atom stereocenters. The molecular formula is C26H30O4.